The lowest BCUT2D eigenvalue weighted by molar-refractivity contribution is -0.157. The van der Waals surface area contributed by atoms with Crippen molar-refractivity contribution in [2.75, 3.05) is 14.1 Å². The van der Waals surface area contributed by atoms with Crippen LogP contribution in [0.15, 0.2) is 12.7 Å². The smallest absolute Gasteiger partial charge is 0.273 e. The average Bonchev–Trinajstić information content (AvgIpc) is 2.38. The summed E-state index contributed by atoms with van der Waals surface area (Å²) in [4.78, 5) is 38.4. The molecule has 0 spiro atoms. The Hall–Kier alpha value is -1.65. The van der Waals surface area contributed by atoms with Crippen molar-refractivity contribution in [2.45, 2.75) is 32.6 Å². The number of urea groups is 1. The second-order valence-corrected chi connectivity index (χ2v) is 4.69. The van der Waals surface area contributed by atoms with E-state index in [1.54, 1.807) is 6.08 Å². The summed E-state index contributed by atoms with van der Waals surface area (Å²) < 4.78 is 0. The molecule has 1 aliphatic heterocycles. The fourth-order valence-electron chi connectivity index (χ4n) is 2.35. The van der Waals surface area contributed by atoms with E-state index in [1.807, 2.05) is 6.92 Å². The molecule has 0 unspecified atom stereocenters. The van der Waals surface area contributed by atoms with E-state index in [4.69, 9.17) is 0 Å². The van der Waals surface area contributed by atoms with Crippen molar-refractivity contribution in [2.24, 2.45) is 5.41 Å². The summed E-state index contributed by atoms with van der Waals surface area (Å²) in [6.07, 6.45) is 3.95. The number of unbranched alkanes of at least 4 members (excludes halogenated alkanes) is 1. The lowest BCUT2D eigenvalue weighted by Crippen LogP contribution is -2.62. The molecule has 0 radical (unpaired) electrons. The molecule has 0 N–H and O–H groups in total. The monoisotopic (exact) mass is 252 g/mol. The van der Waals surface area contributed by atoms with Gasteiger partial charge in [-0.1, -0.05) is 25.8 Å². The van der Waals surface area contributed by atoms with Gasteiger partial charge in [0.2, 0.25) is 11.8 Å². The van der Waals surface area contributed by atoms with Crippen molar-refractivity contribution < 1.29 is 14.4 Å². The van der Waals surface area contributed by atoms with Crippen molar-refractivity contribution in [1.82, 2.24) is 9.80 Å². The maximum atomic E-state index is 12.3. The fraction of sp³-hybridized carbons (Fsp3) is 0.615. The molecule has 1 aliphatic rings. The lowest BCUT2D eigenvalue weighted by Gasteiger charge is -2.41. The number of hydrogen-bond donors (Lipinski definition) is 0. The first kappa shape index (κ1) is 14.4. The fourth-order valence-corrected chi connectivity index (χ4v) is 2.35. The first-order chi connectivity index (χ1) is 8.42. The normalized spacial score (nSPS) is 19.4. The van der Waals surface area contributed by atoms with Gasteiger partial charge < -0.3 is 0 Å². The first-order valence-corrected chi connectivity index (χ1v) is 6.13. The van der Waals surface area contributed by atoms with Gasteiger partial charge in [-0.15, -0.1) is 6.58 Å². The Labute approximate surface area is 107 Å². The minimum Gasteiger partial charge on any atom is -0.273 e. The Bertz CT molecular complexity index is 366. The lowest BCUT2D eigenvalue weighted by atomic mass is 9.76. The summed E-state index contributed by atoms with van der Waals surface area (Å²) in [5, 5.41) is 0. The van der Waals surface area contributed by atoms with Gasteiger partial charge in [0.05, 0.1) is 0 Å². The van der Waals surface area contributed by atoms with Crippen LogP contribution in [0.3, 0.4) is 0 Å². The van der Waals surface area contributed by atoms with Crippen LogP contribution >= 0.6 is 0 Å². The maximum Gasteiger partial charge on any atom is 0.332 e. The molecule has 0 bridgehead atoms. The predicted octanol–water partition coefficient (Wildman–Crippen LogP) is 1.79. The van der Waals surface area contributed by atoms with E-state index in [0.717, 1.165) is 22.6 Å². The molecule has 0 aliphatic carbocycles. The van der Waals surface area contributed by atoms with Crippen molar-refractivity contribution in [1.29, 1.82) is 0 Å². The molecule has 100 valence electrons. The number of nitrogens with zero attached hydrogens (tertiary/aromatic N) is 2. The molecule has 1 heterocycles. The molecule has 1 saturated heterocycles. The Morgan fingerprint density at radius 3 is 2.06 bits per heavy atom. The van der Waals surface area contributed by atoms with Gasteiger partial charge in [-0.2, -0.15) is 0 Å². The number of barbiturate groups is 1. The molecule has 5 heteroatoms. The number of allylic oxidation sites excluding steroid dienone is 1. The summed E-state index contributed by atoms with van der Waals surface area (Å²) >= 11 is 0. The molecule has 0 aromatic rings. The van der Waals surface area contributed by atoms with Crippen LogP contribution in [-0.4, -0.2) is 41.7 Å². The number of carbonyl (C=O) groups is 3. The predicted molar refractivity (Wildman–Crippen MR) is 67.7 cm³/mol. The SMILES string of the molecule is C=CCC1(CCCC)C(=O)N(C)C(=O)N(C)C1=O. The van der Waals surface area contributed by atoms with Crippen molar-refractivity contribution in [3.63, 3.8) is 0 Å². The second kappa shape index (κ2) is 5.33. The van der Waals surface area contributed by atoms with Crippen LogP contribution < -0.4 is 0 Å². The Balaban J connectivity index is 3.19. The highest BCUT2D eigenvalue weighted by molar-refractivity contribution is 6.18. The van der Waals surface area contributed by atoms with Gasteiger partial charge >= 0.3 is 6.03 Å². The van der Waals surface area contributed by atoms with Crippen LogP contribution in [0, 0.1) is 5.41 Å². The highest BCUT2D eigenvalue weighted by atomic mass is 16.2. The quantitative estimate of drug-likeness (QED) is 0.553. The van der Waals surface area contributed by atoms with Crippen LogP contribution in [0.4, 0.5) is 4.79 Å². The van der Waals surface area contributed by atoms with Crippen LogP contribution in [0.2, 0.25) is 0 Å². The first-order valence-electron chi connectivity index (χ1n) is 6.13. The molecule has 18 heavy (non-hydrogen) atoms. The van der Waals surface area contributed by atoms with E-state index in [0.29, 0.717) is 6.42 Å². The van der Waals surface area contributed by atoms with Gasteiger partial charge in [0.1, 0.15) is 5.41 Å². The number of rotatable bonds is 5. The van der Waals surface area contributed by atoms with E-state index >= 15 is 0 Å². The molecule has 1 rings (SSSR count). The van der Waals surface area contributed by atoms with Crippen molar-refractivity contribution in [3.8, 4) is 0 Å². The molecular formula is C13H20N2O3. The summed E-state index contributed by atoms with van der Waals surface area (Å²) in [5.74, 6) is -0.826. The molecule has 5 nitrogen and oxygen atoms in total. The zero-order valence-electron chi connectivity index (χ0n) is 11.2. The third kappa shape index (κ3) is 2.05. The highest BCUT2D eigenvalue weighted by Gasteiger charge is 2.53. The third-order valence-corrected chi connectivity index (χ3v) is 3.45. The summed E-state index contributed by atoms with van der Waals surface area (Å²) in [5.41, 5.74) is -1.14. The van der Waals surface area contributed by atoms with Gasteiger partial charge in [-0.05, 0) is 12.8 Å². The molecule has 0 saturated carbocycles. The molecular weight excluding hydrogens is 232 g/mol. The standard InChI is InChI=1S/C13H20N2O3/c1-5-7-9-13(8-6-2)10(16)14(3)12(18)15(4)11(13)17/h6H,2,5,7-9H2,1,3-4H3. The number of imide groups is 2. The third-order valence-electron chi connectivity index (χ3n) is 3.45. The molecule has 1 fully saturated rings. The summed E-state index contributed by atoms with van der Waals surface area (Å²) in [7, 11) is 2.83. The Morgan fingerprint density at radius 2 is 1.67 bits per heavy atom. The number of carbonyl (C=O) groups excluding carboxylic acids is 3. The van der Waals surface area contributed by atoms with E-state index in [-0.39, 0.29) is 6.42 Å². The number of hydrogen-bond acceptors (Lipinski definition) is 3. The summed E-state index contributed by atoms with van der Waals surface area (Å²) in [6, 6.07) is -0.568. The van der Waals surface area contributed by atoms with Gasteiger partial charge in [0, 0.05) is 14.1 Å². The van der Waals surface area contributed by atoms with E-state index in [9.17, 15) is 14.4 Å². The zero-order chi connectivity index (χ0) is 13.9. The van der Waals surface area contributed by atoms with Gasteiger partial charge in [-0.3, -0.25) is 19.4 Å². The summed E-state index contributed by atoms with van der Waals surface area (Å²) in [6.45, 7) is 5.62. The van der Waals surface area contributed by atoms with Crippen LogP contribution in [0.5, 0.6) is 0 Å². The number of amides is 4. The van der Waals surface area contributed by atoms with Crippen LogP contribution in [0.25, 0.3) is 0 Å². The molecule has 0 atom stereocenters. The Kier molecular flexibility index (Phi) is 4.27. The zero-order valence-corrected chi connectivity index (χ0v) is 11.2. The minimum atomic E-state index is -1.14. The van der Waals surface area contributed by atoms with Crippen LogP contribution in [-0.2, 0) is 9.59 Å². The largest absolute Gasteiger partial charge is 0.332 e. The Morgan fingerprint density at radius 1 is 1.17 bits per heavy atom. The average molecular weight is 252 g/mol. The van der Waals surface area contributed by atoms with Crippen LogP contribution in [0.1, 0.15) is 32.6 Å². The molecule has 0 aromatic heterocycles. The molecule has 4 amide bonds. The van der Waals surface area contributed by atoms with Gasteiger partial charge in [-0.25, -0.2) is 4.79 Å². The molecule has 0 aromatic carbocycles. The highest BCUT2D eigenvalue weighted by Crippen LogP contribution is 2.37. The van der Waals surface area contributed by atoms with E-state index in [1.165, 1.54) is 14.1 Å². The topological polar surface area (TPSA) is 57.7 Å². The van der Waals surface area contributed by atoms with Crippen molar-refractivity contribution in [3.05, 3.63) is 12.7 Å². The van der Waals surface area contributed by atoms with Gasteiger partial charge in [0.25, 0.3) is 0 Å². The van der Waals surface area contributed by atoms with E-state index in [2.05, 4.69) is 6.58 Å². The van der Waals surface area contributed by atoms with Crippen molar-refractivity contribution >= 4 is 17.8 Å². The minimum absolute atomic E-state index is 0.270. The second-order valence-electron chi connectivity index (χ2n) is 4.69. The maximum absolute atomic E-state index is 12.3. The van der Waals surface area contributed by atoms with E-state index < -0.39 is 23.3 Å². The van der Waals surface area contributed by atoms with Gasteiger partial charge in [0.15, 0.2) is 0 Å².